The van der Waals surface area contributed by atoms with Gasteiger partial charge in [-0.15, -0.1) is 0 Å². The molecule has 2 aromatic rings. The maximum atomic E-state index is 12.7. The fraction of sp³-hybridized carbons (Fsp3) is 0.353. The van der Waals surface area contributed by atoms with Crippen LogP contribution < -0.4 is 4.72 Å². The van der Waals surface area contributed by atoms with Crippen molar-refractivity contribution in [2.45, 2.75) is 30.7 Å². The lowest BCUT2D eigenvalue weighted by molar-refractivity contribution is -0.135. The van der Waals surface area contributed by atoms with Gasteiger partial charge in [-0.05, 0) is 50.6 Å². The van der Waals surface area contributed by atoms with Gasteiger partial charge in [-0.1, -0.05) is 15.9 Å². The summed E-state index contributed by atoms with van der Waals surface area (Å²) < 4.78 is 29.3. The monoisotopic (exact) mass is 454 g/mol. The summed E-state index contributed by atoms with van der Waals surface area (Å²) in [4.78, 5) is 26.7. The Morgan fingerprint density at radius 2 is 1.89 bits per heavy atom. The van der Waals surface area contributed by atoms with Gasteiger partial charge in [0.15, 0.2) is 5.69 Å². The average Bonchev–Trinajstić information content (AvgIpc) is 2.92. The Kier molecular flexibility index (Phi) is 4.89. The first-order valence-corrected chi connectivity index (χ1v) is 10.5. The molecule has 1 N–H and O–H groups in total. The first-order chi connectivity index (χ1) is 12.5. The second-order valence-electron chi connectivity index (χ2n) is 6.66. The van der Waals surface area contributed by atoms with Crippen molar-refractivity contribution in [1.29, 1.82) is 0 Å². The lowest BCUT2D eigenvalue weighted by Crippen LogP contribution is -2.67. The van der Waals surface area contributed by atoms with Crippen molar-refractivity contribution < 1.29 is 18.0 Å². The number of benzene rings is 1. The number of hydrogen-bond acceptors (Lipinski definition) is 5. The van der Waals surface area contributed by atoms with Gasteiger partial charge in [-0.3, -0.25) is 14.3 Å². The van der Waals surface area contributed by atoms with Gasteiger partial charge in [0.05, 0.1) is 4.90 Å². The largest absolute Gasteiger partial charge is 0.323 e. The van der Waals surface area contributed by atoms with Crippen LogP contribution in [0.4, 0.5) is 0 Å². The van der Waals surface area contributed by atoms with Gasteiger partial charge in [-0.2, -0.15) is 5.10 Å². The van der Waals surface area contributed by atoms with Crippen LogP contribution in [0, 0.1) is 6.92 Å². The van der Waals surface area contributed by atoms with Crippen molar-refractivity contribution >= 4 is 37.8 Å². The number of halogens is 1. The van der Waals surface area contributed by atoms with E-state index in [2.05, 4.69) is 25.8 Å². The number of sulfonamides is 1. The van der Waals surface area contributed by atoms with Gasteiger partial charge in [0.25, 0.3) is 21.8 Å². The van der Waals surface area contributed by atoms with E-state index in [-0.39, 0.29) is 10.6 Å². The summed E-state index contributed by atoms with van der Waals surface area (Å²) in [7, 11) is -2.31. The summed E-state index contributed by atoms with van der Waals surface area (Å²) in [5.41, 5.74) is -0.211. The quantitative estimate of drug-likeness (QED) is 0.755. The molecule has 10 heteroatoms. The van der Waals surface area contributed by atoms with Crippen molar-refractivity contribution in [2.75, 3.05) is 6.54 Å². The minimum Gasteiger partial charge on any atom is -0.323 e. The molecule has 0 aliphatic carbocycles. The predicted octanol–water partition coefficient (Wildman–Crippen LogP) is 1.60. The van der Waals surface area contributed by atoms with E-state index in [1.54, 1.807) is 36.9 Å². The molecule has 1 aromatic carbocycles. The third kappa shape index (κ3) is 3.51. The zero-order chi connectivity index (χ0) is 20.0. The Morgan fingerprint density at radius 1 is 1.26 bits per heavy atom. The smallest absolute Gasteiger partial charge is 0.275 e. The molecular weight excluding hydrogens is 436 g/mol. The number of aryl methyl sites for hydroxylation is 2. The molecule has 1 atom stereocenters. The van der Waals surface area contributed by atoms with Crippen molar-refractivity contribution in [3.63, 3.8) is 0 Å². The van der Waals surface area contributed by atoms with E-state index in [1.165, 1.54) is 17.0 Å². The van der Waals surface area contributed by atoms with E-state index >= 15 is 0 Å². The molecule has 3 rings (SSSR count). The molecule has 8 nitrogen and oxygen atoms in total. The third-order valence-electron chi connectivity index (χ3n) is 4.84. The number of hydrogen-bond donors (Lipinski definition) is 1. The van der Waals surface area contributed by atoms with Crippen LogP contribution in [0.25, 0.3) is 0 Å². The van der Waals surface area contributed by atoms with E-state index in [1.807, 2.05) is 6.92 Å². The highest BCUT2D eigenvalue weighted by Gasteiger charge is 2.51. The molecule has 1 fully saturated rings. The van der Waals surface area contributed by atoms with E-state index in [0.29, 0.717) is 13.0 Å². The molecule has 144 valence electrons. The molecule has 0 radical (unpaired) electrons. The van der Waals surface area contributed by atoms with Gasteiger partial charge >= 0.3 is 0 Å². The molecule has 0 bridgehead atoms. The van der Waals surface area contributed by atoms with Gasteiger partial charge in [0.1, 0.15) is 5.54 Å². The number of rotatable bonds is 4. The minimum atomic E-state index is -4.03. The summed E-state index contributed by atoms with van der Waals surface area (Å²) in [5, 5.41) is 4.14. The first-order valence-electron chi connectivity index (χ1n) is 8.20. The van der Waals surface area contributed by atoms with E-state index in [4.69, 9.17) is 0 Å². The fourth-order valence-electron chi connectivity index (χ4n) is 2.83. The molecule has 1 aromatic heterocycles. The number of likely N-dealkylation sites (tertiary alicyclic amines) is 1. The van der Waals surface area contributed by atoms with Crippen LogP contribution in [-0.2, 0) is 21.9 Å². The fourth-order valence-corrected chi connectivity index (χ4v) is 4.17. The summed E-state index contributed by atoms with van der Waals surface area (Å²) in [6.07, 6.45) is 0.367. The molecule has 0 spiro atoms. The van der Waals surface area contributed by atoms with Crippen LogP contribution in [0.1, 0.15) is 29.5 Å². The van der Waals surface area contributed by atoms with Crippen LogP contribution in [0.2, 0.25) is 0 Å². The molecule has 2 amide bonds. The highest BCUT2D eigenvalue weighted by molar-refractivity contribution is 9.10. The van der Waals surface area contributed by atoms with Gasteiger partial charge in [0, 0.05) is 23.8 Å². The van der Waals surface area contributed by atoms with Gasteiger partial charge < -0.3 is 4.90 Å². The normalized spacial score (nSPS) is 19.5. The summed E-state index contributed by atoms with van der Waals surface area (Å²) in [6, 6.07) is 7.56. The second-order valence-corrected chi connectivity index (χ2v) is 9.26. The molecule has 1 saturated heterocycles. The summed E-state index contributed by atoms with van der Waals surface area (Å²) in [5.74, 6) is -1.14. The highest BCUT2D eigenvalue weighted by atomic mass is 79.9. The Hall–Kier alpha value is -2.20. The highest BCUT2D eigenvalue weighted by Crippen LogP contribution is 2.32. The Bertz CT molecular complexity index is 997. The average molecular weight is 455 g/mol. The van der Waals surface area contributed by atoms with E-state index in [0.717, 1.165) is 10.2 Å². The minimum absolute atomic E-state index is 0.0276. The van der Waals surface area contributed by atoms with Crippen LogP contribution in [0.15, 0.2) is 39.7 Å². The number of amides is 2. The SMILES string of the molecule is Cc1cc(C(=O)N2CCC2(C)C(=O)NS(=O)(=O)c2ccc(Br)cc2)nn1C. The second kappa shape index (κ2) is 6.75. The van der Waals surface area contributed by atoms with Crippen LogP contribution in [-0.4, -0.2) is 47.0 Å². The number of nitrogens with one attached hydrogen (secondary N) is 1. The third-order valence-corrected chi connectivity index (χ3v) is 6.71. The van der Waals surface area contributed by atoms with E-state index in [9.17, 15) is 18.0 Å². The first kappa shape index (κ1) is 19.6. The molecule has 1 aliphatic rings. The standard InChI is InChI=1S/C17H19BrN4O4S/c1-11-10-14(19-21(11)3)15(23)22-9-8-17(22,2)16(24)20-27(25,26)13-6-4-12(18)5-7-13/h4-7,10H,8-9H2,1-3H3,(H,20,24). The van der Waals surface area contributed by atoms with Crippen molar-refractivity contribution in [2.24, 2.45) is 7.05 Å². The molecular formula is C17H19BrN4O4S. The zero-order valence-corrected chi connectivity index (χ0v) is 17.5. The van der Waals surface area contributed by atoms with Gasteiger partial charge in [0.2, 0.25) is 0 Å². The van der Waals surface area contributed by atoms with E-state index < -0.39 is 27.4 Å². The predicted molar refractivity (Wildman–Crippen MR) is 101 cm³/mol. The number of aromatic nitrogens is 2. The lowest BCUT2D eigenvalue weighted by atomic mass is 9.85. The Morgan fingerprint density at radius 3 is 2.37 bits per heavy atom. The lowest BCUT2D eigenvalue weighted by Gasteiger charge is -2.48. The van der Waals surface area contributed by atoms with Crippen molar-refractivity contribution in [3.8, 4) is 0 Å². The maximum absolute atomic E-state index is 12.7. The molecule has 27 heavy (non-hydrogen) atoms. The van der Waals surface area contributed by atoms with Crippen LogP contribution in [0.5, 0.6) is 0 Å². The number of carbonyl (C=O) groups excluding carboxylic acids is 2. The zero-order valence-electron chi connectivity index (χ0n) is 15.1. The van der Waals surface area contributed by atoms with Crippen LogP contribution in [0.3, 0.4) is 0 Å². The summed E-state index contributed by atoms with van der Waals surface area (Å²) >= 11 is 3.23. The Balaban J connectivity index is 1.79. The van der Waals surface area contributed by atoms with Crippen molar-refractivity contribution in [1.82, 2.24) is 19.4 Å². The molecule has 1 aliphatic heterocycles. The number of nitrogens with zero attached hydrogens (tertiary/aromatic N) is 3. The molecule has 0 saturated carbocycles. The van der Waals surface area contributed by atoms with Gasteiger partial charge in [-0.25, -0.2) is 13.1 Å². The number of carbonyl (C=O) groups is 2. The Labute approximate surface area is 165 Å². The topological polar surface area (TPSA) is 101 Å². The molecule has 1 unspecified atom stereocenters. The van der Waals surface area contributed by atoms with Crippen molar-refractivity contribution in [3.05, 3.63) is 46.2 Å². The maximum Gasteiger partial charge on any atom is 0.275 e. The van der Waals surface area contributed by atoms with Crippen LogP contribution >= 0.6 is 15.9 Å². The summed E-state index contributed by atoms with van der Waals surface area (Å²) in [6.45, 7) is 3.73. The molecule has 2 heterocycles.